The number of alkyl halides is 3. The van der Waals surface area contributed by atoms with Crippen molar-refractivity contribution in [2.45, 2.75) is 25.9 Å². The van der Waals surface area contributed by atoms with Crippen LogP contribution >= 0.6 is 11.3 Å². The molecule has 0 unspecified atom stereocenters. The highest BCUT2D eigenvalue weighted by Gasteiger charge is 2.34. The summed E-state index contributed by atoms with van der Waals surface area (Å²) in [5.41, 5.74) is -1.40. The summed E-state index contributed by atoms with van der Waals surface area (Å²) in [4.78, 5) is 19.9. The number of furan rings is 1. The van der Waals surface area contributed by atoms with E-state index in [-0.39, 0.29) is 33.6 Å². The molecule has 0 spiro atoms. The quantitative estimate of drug-likeness (QED) is 0.474. The van der Waals surface area contributed by atoms with Gasteiger partial charge in [0.2, 0.25) is 11.3 Å². The molecule has 0 aliphatic carbocycles. The lowest BCUT2D eigenvalue weighted by atomic mass is 10.0. The maximum Gasteiger partial charge on any atom is 0.418 e. The number of para-hydroxylation sites is 1. The highest BCUT2D eigenvalue weighted by atomic mass is 32.1. The van der Waals surface area contributed by atoms with Gasteiger partial charge in [0.15, 0.2) is 5.13 Å². The molecule has 0 saturated heterocycles. The summed E-state index contributed by atoms with van der Waals surface area (Å²) in [6, 6.07) is 3.55. The minimum atomic E-state index is -4.58. The molecule has 5 nitrogen and oxygen atoms in total. The van der Waals surface area contributed by atoms with Gasteiger partial charge in [-0.25, -0.2) is 4.98 Å². The van der Waals surface area contributed by atoms with Gasteiger partial charge in [-0.3, -0.25) is 4.79 Å². The van der Waals surface area contributed by atoms with E-state index in [9.17, 15) is 18.0 Å². The highest BCUT2D eigenvalue weighted by Crippen LogP contribution is 2.38. The molecule has 4 aromatic rings. The van der Waals surface area contributed by atoms with E-state index in [4.69, 9.17) is 4.42 Å². The third-order valence-corrected chi connectivity index (χ3v) is 4.89. The molecule has 0 aliphatic rings. The Balaban J connectivity index is 2.09. The van der Waals surface area contributed by atoms with Crippen molar-refractivity contribution in [2.75, 3.05) is 5.32 Å². The second kappa shape index (κ2) is 6.12. The zero-order valence-electron chi connectivity index (χ0n) is 14.3. The Hall–Kier alpha value is -2.81. The maximum atomic E-state index is 13.4. The zero-order valence-corrected chi connectivity index (χ0v) is 15.1. The molecular weight excluding hydrogens is 379 g/mol. The third kappa shape index (κ3) is 2.87. The van der Waals surface area contributed by atoms with E-state index in [1.165, 1.54) is 23.5 Å². The Kier molecular flexibility index (Phi) is 3.99. The fourth-order valence-corrected chi connectivity index (χ4v) is 3.56. The molecule has 140 valence electrons. The van der Waals surface area contributed by atoms with Gasteiger partial charge < -0.3 is 14.7 Å². The van der Waals surface area contributed by atoms with Crippen molar-refractivity contribution in [1.82, 2.24) is 9.97 Å². The number of fused-ring (bicyclic) bond motifs is 2. The molecule has 9 heteroatoms. The first kappa shape index (κ1) is 17.6. The number of aromatic nitrogens is 2. The van der Waals surface area contributed by atoms with Gasteiger partial charge in [0.25, 0.3) is 0 Å². The summed E-state index contributed by atoms with van der Waals surface area (Å²) in [6.07, 6.45) is -2.99. The summed E-state index contributed by atoms with van der Waals surface area (Å²) in [6.45, 7) is 3.67. The first-order valence-electron chi connectivity index (χ1n) is 8.12. The number of benzene rings is 1. The number of hydrogen-bond acceptors (Lipinski definition) is 5. The highest BCUT2D eigenvalue weighted by molar-refractivity contribution is 7.13. The van der Waals surface area contributed by atoms with Crippen LogP contribution in [0.25, 0.3) is 21.8 Å². The predicted molar refractivity (Wildman–Crippen MR) is 98.8 cm³/mol. The molecule has 1 aromatic carbocycles. The number of anilines is 2. The number of aromatic amines is 1. The van der Waals surface area contributed by atoms with Gasteiger partial charge in [-0.05, 0) is 12.1 Å². The predicted octanol–water partition coefficient (Wildman–Crippen LogP) is 5.62. The van der Waals surface area contributed by atoms with Gasteiger partial charge >= 0.3 is 6.18 Å². The Morgan fingerprint density at radius 1 is 1.26 bits per heavy atom. The number of nitrogens with one attached hydrogen (secondary N) is 2. The van der Waals surface area contributed by atoms with Crippen LogP contribution in [-0.4, -0.2) is 9.97 Å². The monoisotopic (exact) mass is 393 g/mol. The lowest BCUT2D eigenvalue weighted by Crippen LogP contribution is -2.11. The van der Waals surface area contributed by atoms with Gasteiger partial charge in [0, 0.05) is 22.9 Å². The lowest BCUT2D eigenvalue weighted by Gasteiger charge is -2.10. The van der Waals surface area contributed by atoms with Crippen molar-refractivity contribution in [3.05, 3.63) is 51.3 Å². The van der Waals surface area contributed by atoms with Crippen molar-refractivity contribution >= 4 is 44.2 Å². The van der Waals surface area contributed by atoms with Crippen LogP contribution in [0.15, 0.2) is 39.0 Å². The smallest absolute Gasteiger partial charge is 0.418 e. The molecule has 0 bridgehead atoms. The number of H-pyrrole nitrogens is 1. The molecule has 0 radical (unpaired) electrons. The number of rotatable bonds is 3. The normalized spacial score (nSPS) is 12.4. The fourth-order valence-electron chi connectivity index (χ4n) is 3.04. The van der Waals surface area contributed by atoms with E-state index in [1.54, 1.807) is 11.6 Å². The standard InChI is InChI=1S/C18H14F3N3O2S/c1-8(2)15-13-11(16(26-15)24-17-22-6-7-27-17)14(25)9-4-3-5-10(12(9)23-13)18(19,20)21/h3-8,23H,1-2H3,(H,22,24). The van der Waals surface area contributed by atoms with Crippen molar-refractivity contribution in [1.29, 1.82) is 0 Å². The number of thiazole rings is 1. The molecule has 27 heavy (non-hydrogen) atoms. The molecule has 3 heterocycles. The van der Waals surface area contributed by atoms with Gasteiger partial charge in [-0.2, -0.15) is 13.2 Å². The van der Waals surface area contributed by atoms with Crippen molar-refractivity contribution in [2.24, 2.45) is 0 Å². The van der Waals surface area contributed by atoms with Crippen LogP contribution in [0.1, 0.15) is 31.1 Å². The minimum absolute atomic E-state index is 0.0457. The van der Waals surface area contributed by atoms with E-state index in [0.29, 0.717) is 10.9 Å². The molecular formula is C18H14F3N3O2S. The Morgan fingerprint density at radius 2 is 2.04 bits per heavy atom. The topological polar surface area (TPSA) is 70.9 Å². The van der Waals surface area contributed by atoms with Crippen LogP contribution in [0.5, 0.6) is 0 Å². The van der Waals surface area contributed by atoms with Gasteiger partial charge in [0.1, 0.15) is 11.1 Å². The maximum absolute atomic E-state index is 13.4. The second-order valence-corrected chi connectivity index (χ2v) is 7.24. The van der Waals surface area contributed by atoms with Crippen LogP contribution in [0.2, 0.25) is 0 Å². The molecule has 4 rings (SSSR count). The van der Waals surface area contributed by atoms with Gasteiger partial charge in [-0.15, -0.1) is 11.3 Å². The van der Waals surface area contributed by atoms with Crippen molar-refractivity contribution in [3.8, 4) is 0 Å². The summed E-state index contributed by atoms with van der Waals surface area (Å²) in [7, 11) is 0. The second-order valence-electron chi connectivity index (χ2n) is 6.34. The van der Waals surface area contributed by atoms with Crippen LogP contribution in [0, 0.1) is 0 Å². The summed E-state index contributed by atoms with van der Waals surface area (Å²) in [5, 5.41) is 5.36. The fraction of sp³-hybridized carbons (Fsp3) is 0.222. The Labute approximate surface area is 154 Å². The average Bonchev–Trinajstić information content (AvgIpc) is 3.22. The van der Waals surface area contributed by atoms with Crippen LogP contribution in [-0.2, 0) is 6.18 Å². The molecule has 0 aliphatic heterocycles. The SMILES string of the molecule is CC(C)c1oc(Nc2nccs2)c2c(=O)c3cccc(C(F)(F)F)c3[nH]c12. The summed E-state index contributed by atoms with van der Waals surface area (Å²) < 4.78 is 46.0. The first-order valence-corrected chi connectivity index (χ1v) is 9.00. The zero-order chi connectivity index (χ0) is 19.3. The van der Waals surface area contributed by atoms with E-state index in [0.717, 1.165) is 6.07 Å². The minimum Gasteiger partial charge on any atom is -0.442 e. The van der Waals surface area contributed by atoms with Gasteiger partial charge in [-0.1, -0.05) is 19.9 Å². The van der Waals surface area contributed by atoms with Gasteiger partial charge in [0.05, 0.1) is 16.6 Å². The van der Waals surface area contributed by atoms with Crippen LogP contribution in [0.3, 0.4) is 0 Å². The Morgan fingerprint density at radius 3 is 2.67 bits per heavy atom. The third-order valence-electron chi connectivity index (χ3n) is 4.20. The molecule has 0 fully saturated rings. The molecule has 0 atom stereocenters. The number of nitrogens with zero attached hydrogens (tertiary/aromatic N) is 1. The van der Waals surface area contributed by atoms with Crippen molar-refractivity contribution in [3.63, 3.8) is 0 Å². The Bertz CT molecular complexity index is 1190. The van der Waals surface area contributed by atoms with Crippen LogP contribution in [0.4, 0.5) is 24.2 Å². The molecule has 2 N–H and O–H groups in total. The average molecular weight is 393 g/mol. The van der Waals surface area contributed by atoms with Crippen LogP contribution < -0.4 is 10.7 Å². The van der Waals surface area contributed by atoms with E-state index in [1.807, 2.05) is 13.8 Å². The number of halogens is 3. The first-order chi connectivity index (χ1) is 12.8. The van der Waals surface area contributed by atoms with E-state index >= 15 is 0 Å². The van der Waals surface area contributed by atoms with E-state index < -0.39 is 17.2 Å². The lowest BCUT2D eigenvalue weighted by molar-refractivity contribution is -0.136. The summed E-state index contributed by atoms with van der Waals surface area (Å²) in [5.74, 6) is 0.426. The number of hydrogen-bond donors (Lipinski definition) is 2. The molecule has 0 saturated carbocycles. The summed E-state index contributed by atoms with van der Waals surface area (Å²) >= 11 is 1.32. The molecule has 0 amide bonds. The molecule has 3 aromatic heterocycles. The van der Waals surface area contributed by atoms with Crippen molar-refractivity contribution < 1.29 is 17.6 Å². The van der Waals surface area contributed by atoms with E-state index in [2.05, 4.69) is 15.3 Å². The largest absolute Gasteiger partial charge is 0.442 e. The number of pyridine rings is 1.